The van der Waals surface area contributed by atoms with Gasteiger partial charge in [-0.1, -0.05) is 29.8 Å². The number of hydrogen-bond donors (Lipinski definition) is 1. The summed E-state index contributed by atoms with van der Waals surface area (Å²) in [5.74, 6) is 0.139. The third-order valence-electron chi connectivity index (χ3n) is 5.90. The van der Waals surface area contributed by atoms with Crippen LogP contribution in [0.25, 0.3) is 0 Å². The summed E-state index contributed by atoms with van der Waals surface area (Å²) >= 11 is 0. The van der Waals surface area contributed by atoms with Gasteiger partial charge < -0.3 is 10.2 Å². The van der Waals surface area contributed by atoms with Crippen LogP contribution >= 0.6 is 0 Å². The lowest BCUT2D eigenvalue weighted by Gasteiger charge is -2.19. The highest BCUT2D eigenvalue weighted by Gasteiger charge is 2.51. The fraction of sp³-hybridized carbons (Fsp3) is 0.391. The first kappa shape index (κ1) is 17.8. The number of likely N-dealkylation sites (tertiary alicyclic amines) is 1. The van der Waals surface area contributed by atoms with Crippen LogP contribution in [0.15, 0.2) is 42.5 Å². The summed E-state index contributed by atoms with van der Waals surface area (Å²) in [6.07, 6.45) is 3.93. The Morgan fingerprint density at radius 1 is 0.963 bits per heavy atom. The normalized spacial score (nSPS) is 17.6. The molecule has 2 aliphatic rings. The molecule has 4 rings (SSSR count). The van der Waals surface area contributed by atoms with Crippen molar-refractivity contribution in [3.05, 3.63) is 64.7 Å². The maximum atomic E-state index is 13.0. The highest BCUT2D eigenvalue weighted by molar-refractivity contribution is 6.02. The molecule has 1 N–H and O–H groups in total. The number of anilines is 1. The maximum Gasteiger partial charge on any atom is 0.253 e. The largest absolute Gasteiger partial charge is 0.339 e. The summed E-state index contributed by atoms with van der Waals surface area (Å²) in [5, 5.41) is 3.10. The predicted molar refractivity (Wildman–Crippen MR) is 107 cm³/mol. The van der Waals surface area contributed by atoms with Crippen molar-refractivity contribution in [3.8, 4) is 0 Å². The maximum absolute atomic E-state index is 13.0. The van der Waals surface area contributed by atoms with E-state index in [2.05, 4.69) is 36.5 Å². The van der Waals surface area contributed by atoms with Gasteiger partial charge in [0.05, 0.1) is 5.41 Å². The number of nitrogens with zero attached hydrogens (tertiary/aromatic N) is 1. The van der Waals surface area contributed by atoms with Gasteiger partial charge in [0.1, 0.15) is 0 Å². The Morgan fingerprint density at radius 3 is 2.22 bits per heavy atom. The molecular formula is C23H26N2O2. The summed E-state index contributed by atoms with van der Waals surface area (Å²) in [7, 11) is 0. The molecule has 1 saturated heterocycles. The predicted octanol–water partition coefficient (Wildman–Crippen LogP) is 4.21. The van der Waals surface area contributed by atoms with Crippen molar-refractivity contribution in [2.24, 2.45) is 0 Å². The SMILES string of the molecule is Cc1ccc(C2(C(=O)Nc3ccc(C(=O)N4CCCC4)cc3C)CC2)cc1. The Balaban J connectivity index is 1.50. The number of benzene rings is 2. The highest BCUT2D eigenvalue weighted by Crippen LogP contribution is 2.49. The number of nitrogens with one attached hydrogen (secondary N) is 1. The number of carbonyl (C=O) groups excluding carboxylic acids is 2. The van der Waals surface area contributed by atoms with Crippen LogP contribution in [0.5, 0.6) is 0 Å². The molecule has 2 fully saturated rings. The van der Waals surface area contributed by atoms with E-state index in [9.17, 15) is 9.59 Å². The van der Waals surface area contributed by atoms with E-state index >= 15 is 0 Å². The standard InChI is InChI=1S/C23H26N2O2/c1-16-5-8-19(9-6-16)23(11-12-23)22(27)24-20-10-7-18(15-17(20)2)21(26)25-13-3-4-14-25/h5-10,15H,3-4,11-14H2,1-2H3,(H,24,27). The molecule has 1 heterocycles. The van der Waals surface area contributed by atoms with Gasteiger partial charge in [-0.05, 0) is 68.9 Å². The second-order valence-electron chi connectivity index (χ2n) is 7.93. The molecule has 0 unspecified atom stereocenters. The van der Waals surface area contributed by atoms with Crippen LogP contribution < -0.4 is 5.32 Å². The van der Waals surface area contributed by atoms with Crippen molar-refractivity contribution < 1.29 is 9.59 Å². The average molecular weight is 362 g/mol. The van der Waals surface area contributed by atoms with Crippen molar-refractivity contribution in [1.29, 1.82) is 0 Å². The molecule has 2 amide bonds. The van der Waals surface area contributed by atoms with Crippen molar-refractivity contribution in [3.63, 3.8) is 0 Å². The van der Waals surface area contributed by atoms with E-state index in [0.717, 1.165) is 55.6 Å². The van der Waals surface area contributed by atoms with Crippen molar-refractivity contribution in [2.75, 3.05) is 18.4 Å². The molecule has 2 aromatic carbocycles. The Hall–Kier alpha value is -2.62. The van der Waals surface area contributed by atoms with Crippen LogP contribution in [-0.4, -0.2) is 29.8 Å². The Morgan fingerprint density at radius 2 is 1.63 bits per heavy atom. The molecule has 27 heavy (non-hydrogen) atoms. The quantitative estimate of drug-likeness (QED) is 0.886. The number of rotatable bonds is 4. The lowest BCUT2D eigenvalue weighted by atomic mass is 9.94. The van der Waals surface area contributed by atoms with Gasteiger partial charge in [-0.3, -0.25) is 9.59 Å². The van der Waals surface area contributed by atoms with E-state index in [0.29, 0.717) is 5.56 Å². The molecule has 1 saturated carbocycles. The molecule has 0 radical (unpaired) electrons. The first-order chi connectivity index (χ1) is 13.0. The smallest absolute Gasteiger partial charge is 0.253 e. The molecule has 0 bridgehead atoms. The van der Waals surface area contributed by atoms with Crippen LogP contribution in [0.3, 0.4) is 0 Å². The average Bonchev–Trinajstić information content (AvgIpc) is 3.30. The number of aryl methyl sites for hydroxylation is 2. The van der Waals surface area contributed by atoms with E-state index in [4.69, 9.17) is 0 Å². The van der Waals surface area contributed by atoms with Gasteiger partial charge in [0, 0.05) is 24.3 Å². The fourth-order valence-electron chi connectivity index (χ4n) is 3.93. The van der Waals surface area contributed by atoms with Gasteiger partial charge in [-0.15, -0.1) is 0 Å². The Kier molecular flexibility index (Phi) is 4.50. The lowest BCUT2D eigenvalue weighted by molar-refractivity contribution is -0.118. The van der Waals surface area contributed by atoms with Crippen molar-refractivity contribution >= 4 is 17.5 Å². The third-order valence-corrected chi connectivity index (χ3v) is 5.90. The molecule has 0 aromatic heterocycles. The third kappa shape index (κ3) is 3.36. The van der Waals surface area contributed by atoms with E-state index < -0.39 is 5.41 Å². The highest BCUT2D eigenvalue weighted by atomic mass is 16.2. The van der Waals surface area contributed by atoms with Crippen LogP contribution in [-0.2, 0) is 10.2 Å². The summed E-state index contributed by atoms with van der Waals surface area (Å²) in [6, 6.07) is 13.8. The van der Waals surface area contributed by atoms with Gasteiger partial charge in [-0.25, -0.2) is 0 Å². The molecule has 4 heteroatoms. The number of hydrogen-bond acceptors (Lipinski definition) is 2. The van der Waals surface area contributed by atoms with Crippen LogP contribution in [0.1, 0.15) is 52.7 Å². The Bertz CT molecular complexity index is 876. The molecule has 1 aliphatic carbocycles. The molecule has 0 spiro atoms. The second kappa shape index (κ2) is 6.84. The van der Waals surface area contributed by atoms with Crippen LogP contribution in [0.4, 0.5) is 5.69 Å². The first-order valence-corrected chi connectivity index (χ1v) is 9.78. The van der Waals surface area contributed by atoms with E-state index in [1.165, 1.54) is 5.56 Å². The fourth-order valence-corrected chi connectivity index (χ4v) is 3.93. The van der Waals surface area contributed by atoms with Gasteiger partial charge in [-0.2, -0.15) is 0 Å². The van der Waals surface area contributed by atoms with Crippen LogP contribution in [0, 0.1) is 13.8 Å². The molecule has 2 aromatic rings. The van der Waals surface area contributed by atoms with E-state index in [-0.39, 0.29) is 11.8 Å². The lowest BCUT2D eigenvalue weighted by Crippen LogP contribution is -2.29. The molecular weight excluding hydrogens is 336 g/mol. The minimum atomic E-state index is -0.399. The molecule has 140 valence electrons. The zero-order chi connectivity index (χ0) is 19.0. The van der Waals surface area contributed by atoms with Gasteiger partial charge in [0.2, 0.25) is 5.91 Å². The zero-order valence-electron chi connectivity index (χ0n) is 16.0. The summed E-state index contributed by atoms with van der Waals surface area (Å²) in [4.78, 5) is 27.4. The molecule has 1 aliphatic heterocycles. The topological polar surface area (TPSA) is 49.4 Å². The van der Waals surface area contributed by atoms with Crippen molar-refractivity contribution in [2.45, 2.75) is 44.9 Å². The summed E-state index contributed by atoms with van der Waals surface area (Å²) < 4.78 is 0. The van der Waals surface area contributed by atoms with Gasteiger partial charge in [0.25, 0.3) is 5.91 Å². The Labute approximate surface area is 160 Å². The minimum Gasteiger partial charge on any atom is -0.339 e. The summed E-state index contributed by atoms with van der Waals surface area (Å²) in [5.41, 5.74) is 4.30. The van der Waals surface area contributed by atoms with Gasteiger partial charge >= 0.3 is 0 Å². The van der Waals surface area contributed by atoms with Gasteiger partial charge in [0.15, 0.2) is 0 Å². The van der Waals surface area contributed by atoms with E-state index in [1.54, 1.807) is 0 Å². The summed E-state index contributed by atoms with van der Waals surface area (Å²) in [6.45, 7) is 5.68. The monoisotopic (exact) mass is 362 g/mol. The van der Waals surface area contributed by atoms with Crippen molar-refractivity contribution in [1.82, 2.24) is 4.90 Å². The van der Waals surface area contributed by atoms with E-state index in [1.807, 2.05) is 30.0 Å². The molecule has 4 nitrogen and oxygen atoms in total. The minimum absolute atomic E-state index is 0.0491. The number of amides is 2. The second-order valence-corrected chi connectivity index (χ2v) is 7.93. The van der Waals surface area contributed by atoms with Crippen LogP contribution in [0.2, 0.25) is 0 Å². The zero-order valence-corrected chi connectivity index (χ0v) is 16.0. The first-order valence-electron chi connectivity index (χ1n) is 9.78. The molecule has 0 atom stereocenters. The number of carbonyl (C=O) groups is 2.